The second-order valence-electron chi connectivity index (χ2n) is 5.66. The standard InChI is InChI=1S/C16H22N4O/c1-19-10-13(9-18-19)12-21-16-6-2-5-15(8-16)20-7-3-4-14(17)11-20/h2,5-6,8-10,14H,3-4,7,11-12,17H2,1H3. The summed E-state index contributed by atoms with van der Waals surface area (Å²) in [5.41, 5.74) is 8.32. The normalized spacial score (nSPS) is 18.8. The number of nitrogens with zero attached hydrogens (tertiary/aromatic N) is 3. The van der Waals surface area contributed by atoms with Gasteiger partial charge in [0.25, 0.3) is 0 Å². The first-order valence-corrected chi connectivity index (χ1v) is 7.41. The Bertz CT molecular complexity index is 595. The molecular weight excluding hydrogens is 264 g/mol. The van der Waals surface area contributed by atoms with Crippen LogP contribution in [0.5, 0.6) is 5.75 Å². The van der Waals surface area contributed by atoms with E-state index in [9.17, 15) is 0 Å². The van der Waals surface area contributed by atoms with Crippen molar-refractivity contribution in [2.45, 2.75) is 25.5 Å². The molecule has 2 N–H and O–H groups in total. The van der Waals surface area contributed by atoms with Crippen LogP contribution < -0.4 is 15.4 Å². The molecule has 0 radical (unpaired) electrons. The maximum Gasteiger partial charge on any atom is 0.121 e. The quantitative estimate of drug-likeness (QED) is 0.933. The van der Waals surface area contributed by atoms with Crippen LogP contribution in [0.4, 0.5) is 5.69 Å². The third kappa shape index (κ3) is 3.55. The minimum absolute atomic E-state index is 0.277. The average Bonchev–Trinajstić information content (AvgIpc) is 2.91. The molecular formula is C16H22N4O. The third-order valence-corrected chi connectivity index (χ3v) is 3.80. The highest BCUT2D eigenvalue weighted by Gasteiger charge is 2.17. The lowest BCUT2D eigenvalue weighted by Gasteiger charge is -2.32. The lowest BCUT2D eigenvalue weighted by molar-refractivity contribution is 0.306. The molecule has 0 spiro atoms. The van der Waals surface area contributed by atoms with Gasteiger partial charge in [-0.2, -0.15) is 5.10 Å². The summed E-state index contributed by atoms with van der Waals surface area (Å²) in [7, 11) is 1.91. The van der Waals surface area contributed by atoms with Crippen LogP contribution in [0.1, 0.15) is 18.4 Å². The number of aryl methyl sites for hydroxylation is 1. The lowest BCUT2D eigenvalue weighted by atomic mass is 10.1. The molecule has 21 heavy (non-hydrogen) atoms. The molecule has 1 aliphatic heterocycles. The molecule has 1 aromatic carbocycles. The largest absolute Gasteiger partial charge is 0.489 e. The number of hydrogen-bond donors (Lipinski definition) is 1. The average molecular weight is 286 g/mol. The maximum atomic E-state index is 6.06. The van der Waals surface area contributed by atoms with E-state index < -0.39 is 0 Å². The van der Waals surface area contributed by atoms with Crippen molar-refractivity contribution in [1.29, 1.82) is 0 Å². The molecule has 1 fully saturated rings. The molecule has 1 atom stereocenters. The highest BCUT2D eigenvalue weighted by molar-refractivity contribution is 5.51. The molecule has 0 saturated carbocycles. The molecule has 1 aromatic heterocycles. The Morgan fingerprint density at radius 3 is 3.10 bits per heavy atom. The van der Waals surface area contributed by atoms with Crippen molar-refractivity contribution in [3.63, 3.8) is 0 Å². The molecule has 112 valence electrons. The van der Waals surface area contributed by atoms with Gasteiger partial charge in [-0.1, -0.05) is 6.07 Å². The van der Waals surface area contributed by atoms with Crippen LogP contribution in [-0.2, 0) is 13.7 Å². The van der Waals surface area contributed by atoms with Crippen LogP contribution >= 0.6 is 0 Å². The van der Waals surface area contributed by atoms with Crippen molar-refractivity contribution in [2.24, 2.45) is 12.8 Å². The lowest BCUT2D eigenvalue weighted by Crippen LogP contribution is -2.42. The van der Waals surface area contributed by atoms with Crippen LogP contribution in [0.25, 0.3) is 0 Å². The molecule has 0 aliphatic carbocycles. The molecule has 0 amide bonds. The number of aromatic nitrogens is 2. The van der Waals surface area contributed by atoms with Gasteiger partial charge >= 0.3 is 0 Å². The molecule has 0 bridgehead atoms. The van der Waals surface area contributed by atoms with E-state index in [0.717, 1.165) is 37.2 Å². The summed E-state index contributed by atoms with van der Waals surface area (Å²) in [5, 5.41) is 4.14. The van der Waals surface area contributed by atoms with E-state index in [-0.39, 0.29) is 6.04 Å². The van der Waals surface area contributed by atoms with Crippen molar-refractivity contribution in [3.8, 4) is 5.75 Å². The number of anilines is 1. The van der Waals surface area contributed by atoms with Gasteiger partial charge in [-0.3, -0.25) is 4.68 Å². The van der Waals surface area contributed by atoms with Crippen LogP contribution in [0, 0.1) is 0 Å². The number of hydrogen-bond acceptors (Lipinski definition) is 4. The predicted molar refractivity (Wildman–Crippen MR) is 83.4 cm³/mol. The Kier molecular flexibility index (Phi) is 4.10. The zero-order valence-corrected chi connectivity index (χ0v) is 12.4. The van der Waals surface area contributed by atoms with Crippen LogP contribution in [0.2, 0.25) is 0 Å². The van der Waals surface area contributed by atoms with Gasteiger partial charge in [0.2, 0.25) is 0 Å². The van der Waals surface area contributed by atoms with E-state index in [2.05, 4.69) is 22.1 Å². The topological polar surface area (TPSA) is 56.3 Å². The third-order valence-electron chi connectivity index (χ3n) is 3.80. The SMILES string of the molecule is Cn1cc(COc2cccc(N3CCCC(N)C3)c2)cn1. The smallest absolute Gasteiger partial charge is 0.121 e. The fourth-order valence-electron chi connectivity index (χ4n) is 2.73. The summed E-state index contributed by atoms with van der Waals surface area (Å²) in [6, 6.07) is 8.51. The van der Waals surface area contributed by atoms with Crippen LogP contribution in [0.3, 0.4) is 0 Å². The van der Waals surface area contributed by atoms with Gasteiger partial charge in [-0.15, -0.1) is 0 Å². The van der Waals surface area contributed by atoms with Gasteiger partial charge in [0, 0.05) is 49.7 Å². The van der Waals surface area contributed by atoms with E-state index in [1.54, 1.807) is 4.68 Å². The Hall–Kier alpha value is -2.01. The number of piperidine rings is 1. The van der Waals surface area contributed by atoms with Crippen molar-refractivity contribution in [2.75, 3.05) is 18.0 Å². The second-order valence-corrected chi connectivity index (χ2v) is 5.66. The second kappa shape index (κ2) is 6.18. The summed E-state index contributed by atoms with van der Waals surface area (Å²) in [6.07, 6.45) is 6.07. The molecule has 1 aliphatic rings. The van der Waals surface area contributed by atoms with E-state index in [0.29, 0.717) is 6.61 Å². The van der Waals surface area contributed by atoms with Gasteiger partial charge in [0.15, 0.2) is 0 Å². The first-order valence-electron chi connectivity index (χ1n) is 7.41. The fraction of sp³-hybridized carbons (Fsp3) is 0.438. The van der Waals surface area contributed by atoms with Crippen molar-refractivity contribution in [3.05, 3.63) is 42.2 Å². The monoisotopic (exact) mass is 286 g/mol. The highest BCUT2D eigenvalue weighted by Crippen LogP contribution is 2.24. The summed E-state index contributed by atoms with van der Waals surface area (Å²) in [5.74, 6) is 0.885. The maximum absolute atomic E-state index is 6.06. The van der Waals surface area contributed by atoms with Gasteiger partial charge in [-0.25, -0.2) is 0 Å². The van der Waals surface area contributed by atoms with Crippen molar-refractivity contribution in [1.82, 2.24) is 9.78 Å². The van der Waals surface area contributed by atoms with Crippen molar-refractivity contribution < 1.29 is 4.74 Å². The first-order chi connectivity index (χ1) is 10.2. The number of ether oxygens (including phenoxy) is 1. The van der Waals surface area contributed by atoms with Gasteiger partial charge < -0.3 is 15.4 Å². The first kappa shape index (κ1) is 13.9. The van der Waals surface area contributed by atoms with Crippen LogP contribution in [0.15, 0.2) is 36.7 Å². The molecule has 2 aromatic rings. The molecule has 1 saturated heterocycles. The zero-order valence-electron chi connectivity index (χ0n) is 12.4. The molecule has 5 nitrogen and oxygen atoms in total. The number of nitrogens with two attached hydrogens (primary N) is 1. The summed E-state index contributed by atoms with van der Waals surface area (Å²) >= 11 is 0. The summed E-state index contributed by atoms with van der Waals surface area (Å²) in [4.78, 5) is 2.34. The minimum Gasteiger partial charge on any atom is -0.489 e. The molecule has 2 heterocycles. The van der Waals surface area contributed by atoms with E-state index in [1.165, 1.54) is 5.69 Å². The minimum atomic E-state index is 0.277. The highest BCUT2D eigenvalue weighted by atomic mass is 16.5. The van der Waals surface area contributed by atoms with Crippen LogP contribution in [-0.4, -0.2) is 28.9 Å². The van der Waals surface area contributed by atoms with E-state index in [4.69, 9.17) is 10.5 Å². The van der Waals surface area contributed by atoms with E-state index in [1.807, 2.05) is 31.6 Å². The zero-order chi connectivity index (χ0) is 14.7. The van der Waals surface area contributed by atoms with Gasteiger partial charge in [0.05, 0.1) is 6.20 Å². The Morgan fingerprint density at radius 1 is 1.43 bits per heavy atom. The fourth-order valence-corrected chi connectivity index (χ4v) is 2.73. The molecule has 1 unspecified atom stereocenters. The van der Waals surface area contributed by atoms with Gasteiger partial charge in [0.1, 0.15) is 12.4 Å². The Labute approximate surface area is 125 Å². The number of benzene rings is 1. The number of rotatable bonds is 4. The summed E-state index contributed by atoms with van der Waals surface area (Å²) < 4.78 is 7.63. The van der Waals surface area contributed by atoms with Crippen molar-refractivity contribution >= 4 is 5.69 Å². The van der Waals surface area contributed by atoms with E-state index >= 15 is 0 Å². The predicted octanol–water partition coefficient (Wildman–Crippen LogP) is 1.93. The van der Waals surface area contributed by atoms with Gasteiger partial charge in [-0.05, 0) is 25.0 Å². The molecule has 3 rings (SSSR count). The Balaban J connectivity index is 1.65. The molecule has 5 heteroatoms. The Morgan fingerprint density at radius 2 is 2.33 bits per heavy atom. The summed E-state index contributed by atoms with van der Waals surface area (Å²) in [6.45, 7) is 2.53.